The number of rotatable bonds is 4. The fourth-order valence-corrected chi connectivity index (χ4v) is 2.26. The van der Waals surface area contributed by atoms with Crippen molar-refractivity contribution in [3.8, 4) is 11.5 Å². The summed E-state index contributed by atoms with van der Waals surface area (Å²) >= 11 is 0. The highest BCUT2D eigenvalue weighted by Gasteiger charge is 2.31. The number of aryl methyl sites for hydroxylation is 1. The highest BCUT2D eigenvalue weighted by atomic mass is 35.5. The minimum atomic E-state index is -4.81. The lowest BCUT2D eigenvalue weighted by atomic mass is 9.92. The van der Waals surface area contributed by atoms with Crippen molar-refractivity contribution in [3.63, 3.8) is 0 Å². The quantitative estimate of drug-likeness (QED) is 0.754. The molecular weight excluding hydrogens is 363 g/mol. The topological polar surface area (TPSA) is 92.8 Å². The first-order valence-corrected chi connectivity index (χ1v) is 6.77. The van der Waals surface area contributed by atoms with Crippen LogP contribution in [0.4, 0.5) is 13.2 Å². The summed E-state index contributed by atoms with van der Waals surface area (Å²) in [5.74, 6) is -1.96. The molecule has 0 aromatic heterocycles. The van der Waals surface area contributed by atoms with Crippen LogP contribution in [-0.2, 0) is 0 Å². The first-order chi connectivity index (χ1) is 11.1. The van der Waals surface area contributed by atoms with Crippen molar-refractivity contribution in [2.75, 3.05) is 0 Å². The number of aromatic hydroxyl groups is 1. The number of halogens is 4. The standard InChI is InChI=1S/C16H14F3NO4.ClH/c1-8-2-7-11(15(22)23)12(14(8)21)13(20)9-3-5-10(6-4-9)24-16(17,18)19;/h2-7,13,21H,20H2,1H3,(H,22,23);1H/t13-;/m1./s1. The largest absolute Gasteiger partial charge is 0.573 e. The van der Waals surface area contributed by atoms with Crippen LogP contribution < -0.4 is 10.5 Å². The smallest absolute Gasteiger partial charge is 0.507 e. The van der Waals surface area contributed by atoms with Crippen molar-refractivity contribution in [3.05, 3.63) is 58.7 Å². The zero-order valence-electron chi connectivity index (χ0n) is 12.9. The van der Waals surface area contributed by atoms with Crippen molar-refractivity contribution in [1.29, 1.82) is 0 Å². The lowest BCUT2D eigenvalue weighted by Gasteiger charge is -2.18. The van der Waals surface area contributed by atoms with Crippen LogP contribution in [0.25, 0.3) is 0 Å². The van der Waals surface area contributed by atoms with Crippen LogP contribution in [-0.4, -0.2) is 22.5 Å². The van der Waals surface area contributed by atoms with Crippen molar-refractivity contribution < 1.29 is 32.9 Å². The molecule has 0 aliphatic rings. The van der Waals surface area contributed by atoms with Gasteiger partial charge in [0.15, 0.2) is 0 Å². The van der Waals surface area contributed by atoms with Gasteiger partial charge in [0.1, 0.15) is 11.5 Å². The van der Waals surface area contributed by atoms with E-state index in [1.807, 2.05) is 0 Å². The van der Waals surface area contributed by atoms with Crippen molar-refractivity contribution >= 4 is 18.4 Å². The lowest BCUT2D eigenvalue weighted by molar-refractivity contribution is -0.274. The monoisotopic (exact) mass is 377 g/mol. The van der Waals surface area contributed by atoms with E-state index in [0.717, 1.165) is 12.1 Å². The minimum Gasteiger partial charge on any atom is -0.507 e. The third-order valence-electron chi connectivity index (χ3n) is 3.43. The van der Waals surface area contributed by atoms with Crippen LogP contribution in [0.2, 0.25) is 0 Å². The molecule has 0 aliphatic carbocycles. The van der Waals surface area contributed by atoms with Crippen LogP contribution in [0.1, 0.15) is 33.1 Å². The summed E-state index contributed by atoms with van der Waals surface area (Å²) in [6.07, 6.45) is -4.81. The van der Waals surface area contributed by atoms with Gasteiger partial charge in [-0.15, -0.1) is 25.6 Å². The van der Waals surface area contributed by atoms with Crippen LogP contribution >= 0.6 is 12.4 Å². The average molecular weight is 378 g/mol. The summed E-state index contributed by atoms with van der Waals surface area (Å²) in [5.41, 5.74) is 6.59. The molecule has 0 saturated carbocycles. The second kappa shape index (κ2) is 7.62. The van der Waals surface area contributed by atoms with Gasteiger partial charge in [-0.1, -0.05) is 18.2 Å². The molecule has 0 aliphatic heterocycles. The summed E-state index contributed by atoms with van der Waals surface area (Å²) in [6.45, 7) is 1.58. The Morgan fingerprint density at radius 3 is 2.20 bits per heavy atom. The molecule has 0 amide bonds. The molecule has 2 aromatic carbocycles. The molecule has 2 aromatic rings. The number of carboxylic acid groups (broad SMARTS) is 1. The van der Waals surface area contributed by atoms with E-state index in [-0.39, 0.29) is 29.3 Å². The Morgan fingerprint density at radius 1 is 1.16 bits per heavy atom. The van der Waals surface area contributed by atoms with Gasteiger partial charge in [-0.25, -0.2) is 4.79 Å². The number of hydrogen-bond donors (Lipinski definition) is 3. The molecule has 2 rings (SSSR count). The fourth-order valence-electron chi connectivity index (χ4n) is 2.26. The molecule has 0 spiro atoms. The van der Waals surface area contributed by atoms with E-state index in [4.69, 9.17) is 5.73 Å². The Morgan fingerprint density at radius 2 is 1.72 bits per heavy atom. The van der Waals surface area contributed by atoms with Gasteiger partial charge < -0.3 is 20.7 Å². The molecule has 0 heterocycles. The summed E-state index contributed by atoms with van der Waals surface area (Å²) in [6, 6.07) is 6.41. The zero-order valence-corrected chi connectivity index (χ0v) is 13.7. The number of carbonyl (C=O) groups is 1. The number of alkyl halides is 3. The Bertz CT molecular complexity index is 763. The highest BCUT2D eigenvalue weighted by molar-refractivity contribution is 5.91. The number of hydrogen-bond acceptors (Lipinski definition) is 4. The van der Waals surface area contributed by atoms with E-state index in [2.05, 4.69) is 4.74 Å². The Hall–Kier alpha value is -2.45. The SMILES string of the molecule is Cc1ccc(C(=O)O)c([C@H](N)c2ccc(OC(F)(F)F)cc2)c1O.Cl. The average Bonchev–Trinajstić information content (AvgIpc) is 2.48. The van der Waals surface area contributed by atoms with Crippen LogP contribution in [0, 0.1) is 6.92 Å². The van der Waals surface area contributed by atoms with Crippen molar-refractivity contribution in [2.45, 2.75) is 19.3 Å². The molecule has 136 valence electrons. The molecule has 0 radical (unpaired) electrons. The van der Waals surface area contributed by atoms with E-state index >= 15 is 0 Å². The summed E-state index contributed by atoms with van der Waals surface area (Å²) < 4.78 is 40.2. The molecule has 1 atom stereocenters. The molecule has 0 saturated heterocycles. The Labute approximate surface area is 147 Å². The van der Waals surface area contributed by atoms with Crippen molar-refractivity contribution in [2.24, 2.45) is 5.73 Å². The molecule has 0 fully saturated rings. The van der Waals surface area contributed by atoms with E-state index < -0.39 is 24.1 Å². The van der Waals surface area contributed by atoms with Gasteiger partial charge in [-0.3, -0.25) is 0 Å². The molecule has 0 unspecified atom stereocenters. The van der Waals surface area contributed by atoms with E-state index in [1.165, 1.54) is 24.3 Å². The minimum absolute atomic E-state index is 0. The first-order valence-electron chi connectivity index (χ1n) is 6.77. The maximum atomic E-state index is 12.2. The first kappa shape index (κ1) is 20.6. The second-order valence-electron chi connectivity index (χ2n) is 5.09. The number of benzene rings is 2. The Kier molecular flexibility index (Phi) is 6.28. The van der Waals surface area contributed by atoms with Crippen LogP contribution in [0.3, 0.4) is 0 Å². The lowest BCUT2D eigenvalue weighted by Crippen LogP contribution is -2.18. The van der Waals surface area contributed by atoms with Crippen LogP contribution in [0.15, 0.2) is 36.4 Å². The number of aromatic carboxylic acids is 1. The number of carboxylic acids is 1. The summed E-state index contributed by atoms with van der Waals surface area (Å²) in [4.78, 5) is 11.3. The predicted molar refractivity (Wildman–Crippen MR) is 86.2 cm³/mol. The molecule has 0 bridgehead atoms. The van der Waals surface area contributed by atoms with Crippen molar-refractivity contribution in [1.82, 2.24) is 0 Å². The second-order valence-corrected chi connectivity index (χ2v) is 5.09. The molecule has 5 nitrogen and oxygen atoms in total. The maximum Gasteiger partial charge on any atom is 0.573 e. The van der Waals surface area contributed by atoms with E-state index in [1.54, 1.807) is 6.92 Å². The number of ether oxygens (including phenoxy) is 1. The molecule has 25 heavy (non-hydrogen) atoms. The molecule has 9 heteroatoms. The van der Waals surface area contributed by atoms with Gasteiger partial charge in [0.2, 0.25) is 0 Å². The molecule has 4 N–H and O–H groups in total. The number of nitrogens with two attached hydrogens (primary N) is 1. The third-order valence-corrected chi connectivity index (χ3v) is 3.43. The highest BCUT2D eigenvalue weighted by Crippen LogP contribution is 2.34. The van der Waals surface area contributed by atoms with E-state index in [9.17, 15) is 28.2 Å². The molecular formula is C16H15ClF3NO4. The fraction of sp³-hybridized carbons (Fsp3) is 0.188. The van der Waals surface area contributed by atoms with Gasteiger partial charge in [-0.2, -0.15) is 0 Å². The normalized spacial score (nSPS) is 12.2. The van der Waals surface area contributed by atoms with Gasteiger partial charge in [0, 0.05) is 5.56 Å². The van der Waals surface area contributed by atoms with Crippen LogP contribution in [0.5, 0.6) is 11.5 Å². The predicted octanol–water partition coefficient (Wildman–Crippen LogP) is 3.77. The van der Waals surface area contributed by atoms with Gasteiger partial charge in [0.05, 0.1) is 11.6 Å². The third kappa shape index (κ3) is 4.77. The zero-order chi connectivity index (χ0) is 18.1. The van der Waals surface area contributed by atoms with E-state index in [0.29, 0.717) is 11.1 Å². The van der Waals surface area contributed by atoms with Gasteiger partial charge >= 0.3 is 12.3 Å². The summed E-state index contributed by atoms with van der Waals surface area (Å²) in [7, 11) is 0. The Balaban J connectivity index is 0.00000312. The number of phenols is 1. The van der Waals surface area contributed by atoms with Gasteiger partial charge in [0.25, 0.3) is 0 Å². The van der Waals surface area contributed by atoms with Gasteiger partial charge in [-0.05, 0) is 36.2 Å². The number of phenolic OH excluding ortho intramolecular Hbond substituents is 1. The summed E-state index contributed by atoms with van der Waals surface area (Å²) in [5, 5.41) is 19.4. The maximum absolute atomic E-state index is 12.2.